The normalized spacial score (nSPS) is 26.3. The second-order valence-corrected chi connectivity index (χ2v) is 9.78. The Bertz CT molecular complexity index is 910. The second-order valence-electron chi connectivity index (χ2n) is 9.78. The first-order chi connectivity index (χ1) is 14.5. The Hall–Kier alpha value is -2.33. The van der Waals surface area contributed by atoms with Crippen LogP contribution in [0.4, 0.5) is 4.79 Å². The fourth-order valence-corrected chi connectivity index (χ4v) is 5.92. The van der Waals surface area contributed by atoms with Crippen molar-refractivity contribution in [3.63, 3.8) is 0 Å². The molecule has 0 aliphatic carbocycles. The van der Waals surface area contributed by atoms with E-state index in [9.17, 15) is 4.79 Å². The molecule has 0 radical (unpaired) electrons. The molecule has 5 rings (SSSR count). The highest BCUT2D eigenvalue weighted by molar-refractivity contribution is 5.76. The number of hydrogen-bond acceptors (Lipinski definition) is 2. The Morgan fingerprint density at radius 1 is 1.03 bits per heavy atom. The highest BCUT2D eigenvalue weighted by Gasteiger charge is 2.44. The molecule has 30 heavy (non-hydrogen) atoms. The molecular weight excluding hydrogens is 370 g/mol. The zero-order valence-electron chi connectivity index (χ0n) is 18.2. The van der Waals surface area contributed by atoms with Crippen molar-refractivity contribution in [2.75, 3.05) is 19.6 Å². The van der Waals surface area contributed by atoms with Gasteiger partial charge in [0, 0.05) is 31.7 Å². The zero-order chi connectivity index (χ0) is 20.7. The Kier molecular flexibility index (Phi) is 5.06. The number of piperidine rings is 2. The third-order valence-corrected chi connectivity index (χ3v) is 7.55. The van der Waals surface area contributed by atoms with Gasteiger partial charge in [-0.1, -0.05) is 54.6 Å². The van der Waals surface area contributed by atoms with Crippen LogP contribution in [0, 0.1) is 5.92 Å². The molecule has 3 aliphatic rings. The molecule has 0 aromatic heterocycles. The summed E-state index contributed by atoms with van der Waals surface area (Å²) in [6.45, 7) is 7.34. The van der Waals surface area contributed by atoms with E-state index in [4.69, 9.17) is 0 Å². The number of rotatable bonds is 2. The van der Waals surface area contributed by atoms with Crippen LogP contribution in [-0.2, 0) is 12.0 Å². The number of nitrogens with zero attached hydrogens (tertiary/aromatic N) is 2. The lowest BCUT2D eigenvalue weighted by atomic mass is 9.76. The van der Waals surface area contributed by atoms with Gasteiger partial charge in [-0.3, -0.25) is 4.90 Å². The van der Waals surface area contributed by atoms with Gasteiger partial charge in [0.25, 0.3) is 0 Å². The Morgan fingerprint density at radius 2 is 1.80 bits per heavy atom. The fraction of sp³-hybridized carbons (Fsp3) is 0.500. The highest BCUT2D eigenvalue weighted by Crippen LogP contribution is 2.42. The van der Waals surface area contributed by atoms with Crippen molar-refractivity contribution in [2.45, 2.75) is 57.2 Å². The molecule has 0 bridgehead atoms. The van der Waals surface area contributed by atoms with Gasteiger partial charge in [0.2, 0.25) is 0 Å². The summed E-state index contributed by atoms with van der Waals surface area (Å²) >= 11 is 0. The Balaban J connectivity index is 1.36. The van der Waals surface area contributed by atoms with E-state index in [-0.39, 0.29) is 11.6 Å². The zero-order valence-corrected chi connectivity index (χ0v) is 18.2. The summed E-state index contributed by atoms with van der Waals surface area (Å²) in [5, 5.41) is 3.34. The summed E-state index contributed by atoms with van der Waals surface area (Å²) in [5.41, 5.74) is 3.73. The first-order valence-corrected chi connectivity index (χ1v) is 11.5. The van der Waals surface area contributed by atoms with Crippen LogP contribution >= 0.6 is 0 Å². The van der Waals surface area contributed by atoms with E-state index in [1.54, 1.807) is 0 Å². The van der Waals surface area contributed by atoms with Crippen molar-refractivity contribution >= 4 is 6.03 Å². The molecule has 3 heterocycles. The lowest BCUT2D eigenvalue weighted by Crippen LogP contribution is -2.60. The topological polar surface area (TPSA) is 35.6 Å². The average molecular weight is 404 g/mol. The molecule has 2 aromatic carbocycles. The fourth-order valence-electron chi connectivity index (χ4n) is 5.92. The van der Waals surface area contributed by atoms with Gasteiger partial charge in [0.15, 0.2) is 0 Å². The first-order valence-electron chi connectivity index (χ1n) is 11.5. The largest absolute Gasteiger partial charge is 0.329 e. The molecule has 2 amide bonds. The van der Waals surface area contributed by atoms with Gasteiger partial charge in [-0.05, 0) is 62.1 Å². The summed E-state index contributed by atoms with van der Waals surface area (Å²) < 4.78 is 0. The summed E-state index contributed by atoms with van der Waals surface area (Å²) in [5.74, 6) is 0.589. The van der Waals surface area contributed by atoms with Gasteiger partial charge in [-0.2, -0.15) is 0 Å². The predicted molar refractivity (Wildman–Crippen MR) is 120 cm³/mol. The van der Waals surface area contributed by atoms with Crippen LogP contribution in [0.2, 0.25) is 0 Å². The van der Waals surface area contributed by atoms with E-state index in [2.05, 4.69) is 65.4 Å². The third kappa shape index (κ3) is 3.51. The monoisotopic (exact) mass is 403 g/mol. The van der Waals surface area contributed by atoms with E-state index in [1.807, 2.05) is 18.2 Å². The van der Waals surface area contributed by atoms with E-state index in [1.165, 1.54) is 17.5 Å². The lowest BCUT2D eigenvalue weighted by Gasteiger charge is -2.52. The summed E-state index contributed by atoms with van der Waals surface area (Å²) in [6, 6.07) is 20.1. The molecule has 2 fully saturated rings. The molecule has 0 saturated carbocycles. The lowest BCUT2D eigenvalue weighted by molar-refractivity contribution is 0.00450. The van der Waals surface area contributed by atoms with Crippen LogP contribution in [0.25, 0.3) is 0 Å². The molecule has 3 aliphatic heterocycles. The van der Waals surface area contributed by atoms with Gasteiger partial charge < -0.3 is 10.2 Å². The van der Waals surface area contributed by atoms with Gasteiger partial charge >= 0.3 is 6.03 Å². The maximum absolute atomic E-state index is 13.4. The number of hydrogen-bond donors (Lipinski definition) is 1. The number of fused-ring (bicyclic) bond motifs is 4. The number of carbonyl (C=O) groups is 1. The molecule has 2 aromatic rings. The maximum atomic E-state index is 13.4. The Labute approximate surface area is 180 Å². The third-order valence-electron chi connectivity index (χ3n) is 7.55. The van der Waals surface area contributed by atoms with Gasteiger partial charge in [-0.15, -0.1) is 0 Å². The smallest absolute Gasteiger partial charge is 0.318 e. The van der Waals surface area contributed by atoms with E-state index in [0.717, 1.165) is 44.5 Å². The number of likely N-dealkylation sites (tertiary alicyclic amines) is 1. The van der Waals surface area contributed by atoms with Crippen molar-refractivity contribution in [2.24, 2.45) is 5.92 Å². The molecule has 0 unspecified atom stereocenters. The molecule has 0 spiro atoms. The number of benzene rings is 2. The van der Waals surface area contributed by atoms with Crippen molar-refractivity contribution in [3.8, 4) is 0 Å². The summed E-state index contributed by atoms with van der Waals surface area (Å²) in [4.78, 5) is 18.3. The van der Waals surface area contributed by atoms with Crippen LogP contribution < -0.4 is 5.32 Å². The first kappa shape index (κ1) is 19.6. The molecule has 3 atom stereocenters. The highest BCUT2D eigenvalue weighted by atomic mass is 16.2. The summed E-state index contributed by atoms with van der Waals surface area (Å²) in [6.07, 6.45) is 4.55. The predicted octanol–water partition coefficient (Wildman–Crippen LogP) is 4.72. The molecule has 2 saturated heterocycles. The number of nitrogens with one attached hydrogen (secondary N) is 1. The van der Waals surface area contributed by atoms with Gasteiger partial charge in [0.05, 0.1) is 5.54 Å². The molecule has 4 nitrogen and oxygen atoms in total. The quantitative estimate of drug-likeness (QED) is 0.788. The van der Waals surface area contributed by atoms with Crippen molar-refractivity contribution < 1.29 is 4.79 Å². The molecule has 158 valence electrons. The minimum absolute atomic E-state index is 0.0936. The van der Waals surface area contributed by atoms with E-state index < -0.39 is 0 Å². The van der Waals surface area contributed by atoms with Gasteiger partial charge in [-0.25, -0.2) is 4.79 Å². The van der Waals surface area contributed by atoms with Crippen LogP contribution in [0.5, 0.6) is 0 Å². The number of urea groups is 1. The van der Waals surface area contributed by atoms with Crippen LogP contribution in [0.1, 0.15) is 55.8 Å². The van der Waals surface area contributed by atoms with E-state index in [0.29, 0.717) is 18.0 Å². The summed E-state index contributed by atoms with van der Waals surface area (Å²) in [7, 11) is 0. The van der Waals surface area contributed by atoms with Crippen LogP contribution in [-0.4, -0.2) is 41.5 Å². The number of amides is 2. The number of carbonyl (C=O) groups excluding carboxylic acids is 1. The van der Waals surface area contributed by atoms with Crippen molar-refractivity contribution in [1.29, 1.82) is 0 Å². The minimum Gasteiger partial charge on any atom is -0.329 e. The average Bonchev–Trinajstić information content (AvgIpc) is 2.77. The van der Waals surface area contributed by atoms with E-state index >= 15 is 0 Å². The molecular formula is C26H33N3O. The SMILES string of the molecule is CC(C)(NC(=O)N1CCC[C@H]2CN3CCc4ccccc4[C@H]3C[C@H]21)c1ccccc1. The van der Waals surface area contributed by atoms with Crippen LogP contribution in [0.15, 0.2) is 54.6 Å². The van der Waals surface area contributed by atoms with Crippen molar-refractivity contribution in [3.05, 3.63) is 71.3 Å². The minimum atomic E-state index is -0.385. The Morgan fingerprint density at radius 3 is 2.63 bits per heavy atom. The molecule has 1 N–H and O–H groups in total. The van der Waals surface area contributed by atoms with Gasteiger partial charge in [0.1, 0.15) is 0 Å². The standard InChI is InChI=1S/C26H33N3O/c1-26(2,21-11-4-3-5-12-21)27-25(30)29-15-8-10-20-18-28-16-14-19-9-6-7-13-22(19)24(28)17-23(20)29/h3-7,9,11-13,20,23-24H,8,10,14-18H2,1-2H3,(H,27,30)/t20-,23+,24+/m0/s1. The second kappa shape index (κ2) is 7.73. The van der Waals surface area contributed by atoms with Crippen LogP contribution in [0.3, 0.4) is 0 Å². The van der Waals surface area contributed by atoms with Crippen molar-refractivity contribution in [1.82, 2.24) is 15.1 Å². The maximum Gasteiger partial charge on any atom is 0.318 e. The molecule has 4 heteroatoms.